The summed E-state index contributed by atoms with van der Waals surface area (Å²) < 4.78 is 11.1. The van der Waals surface area contributed by atoms with Gasteiger partial charge in [-0.2, -0.15) is 0 Å². The minimum Gasteiger partial charge on any atom is -0.490 e. The first-order valence-corrected chi connectivity index (χ1v) is 5.84. The average molecular weight is 259 g/mol. The molecule has 14 heavy (non-hydrogen) atoms. The van der Waals surface area contributed by atoms with Gasteiger partial charge in [-0.15, -0.1) is 0 Å². The fourth-order valence-electron chi connectivity index (χ4n) is 1.07. The molecule has 0 aliphatic rings. The number of para-hydroxylation sites is 2. The average Bonchev–Trinajstić information content (AvgIpc) is 2.21. The molecule has 1 atom stereocenters. The summed E-state index contributed by atoms with van der Waals surface area (Å²) in [6, 6.07) is 7.72. The van der Waals surface area contributed by atoms with Crippen LogP contribution in [0.2, 0.25) is 0 Å². The quantitative estimate of drug-likeness (QED) is 0.756. The Kier molecular flexibility index (Phi) is 4.80. The van der Waals surface area contributed by atoms with E-state index in [1.54, 1.807) is 0 Å². The lowest BCUT2D eigenvalue weighted by atomic mass is 10.3. The van der Waals surface area contributed by atoms with Gasteiger partial charge in [0.25, 0.3) is 0 Å². The van der Waals surface area contributed by atoms with Crippen LogP contribution in [-0.4, -0.2) is 18.0 Å². The third kappa shape index (κ3) is 3.22. The molecule has 0 radical (unpaired) electrons. The van der Waals surface area contributed by atoms with E-state index in [0.29, 0.717) is 6.61 Å². The standard InChI is InChI=1S/C11H15BrO2/c1-3-13-10-6-4-5-7-11(10)14-9(2)8-12/h4-7,9H,3,8H2,1-2H3. The molecule has 0 amide bonds. The second-order valence-corrected chi connectivity index (χ2v) is 3.61. The molecule has 0 saturated carbocycles. The number of alkyl halides is 1. The van der Waals surface area contributed by atoms with Crippen LogP contribution in [0.4, 0.5) is 0 Å². The van der Waals surface area contributed by atoms with E-state index in [-0.39, 0.29) is 6.10 Å². The summed E-state index contributed by atoms with van der Waals surface area (Å²) in [6.45, 7) is 4.63. The third-order valence-electron chi connectivity index (χ3n) is 1.69. The molecule has 0 N–H and O–H groups in total. The van der Waals surface area contributed by atoms with Crippen LogP contribution in [0.5, 0.6) is 11.5 Å². The fourth-order valence-corrected chi connectivity index (χ4v) is 1.20. The number of hydrogen-bond donors (Lipinski definition) is 0. The highest BCUT2D eigenvalue weighted by atomic mass is 79.9. The first kappa shape index (κ1) is 11.4. The molecular formula is C11H15BrO2. The Balaban J connectivity index is 2.73. The van der Waals surface area contributed by atoms with Gasteiger partial charge < -0.3 is 9.47 Å². The summed E-state index contributed by atoms with van der Waals surface area (Å²) in [5.74, 6) is 1.61. The van der Waals surface area contributed by atoms with E-state index in [1.807, 2.05) is 38.1 Å². The van der Waals surface area contributed by atoms with Crippen molar-refractivity contribution in [3.8, 4) is 11.5 Å². The van der Waals surface area contributed by atoms with Crippen LogP contribution in [0.15, 0.2) is 24.3 Å². The SMILES string of the molecule is CCOc1ccccc1OC(C)CBr. The molecular weight excluding hydrogens is 244 g/mol. The van der Waals surface area contributed by atoms with Gasteiger partial charge in [-0.3, -0.25) is 0 Å². The summed E-state index contributed by atoms with van der Waals surface area (Å²) >= 11 is 3.37. The van der Waals surface area contributed by atoms with E-state index >= 15 is 0 Å². The van der Waals surface area contributed by atoms with E-state index in [4.69, 9.17) is 9.47 Å². The Morgan fingerprint density at radius 3 is 2.50 bits per heavy atom. The lowest BCUT2D eigenvalue weighted by molar-refractivity contribution is 0.228. The molecule has 78 valence electrons. The van der Waals surface area contributed by atoms with Crippen LogP contribution in [-0.2, 0) is 0 Å². The van der Waals surface area contributed by atoms with Crippen molar-refractivity contribution < 1.29 is 9.47 Å². The van der Waals surface area contributed by atoms with Gasteiger partial charge in [0.05, 0.1) is 6.61 Å². The molecule has 0 bridgehead atoms. The summed E-state index contributed by atoms with van der Waals surface area (Å²) in [5, 5.41) is 0.813. The normalized spacial score (nSPS) is 12.2. The molecule has 3 heteroatoms. The van der Waals surface area contributed by atoms with E-state index < -0.39 is 0 Å². The third-order valence-corrected chi connectivity index (χ3v) is 2.61. The maximum atomic E-state index is 5.68. The molecule has 0 aromatic heterocycles. The second kappa shape index (κ2) is 5.91. The van der Waals surface area contributed by atoms with Gasteiger partial charge in [0.1, 0.15) is 6.10 Å². The predicted molar refractivity (Wildman–Crippen MR) is 61.5 cm³/mol. The number of hydrogen-bond acceptors (Lipinski definition) is 2. The van der Waals surface area contributed by atoms with Crippen LogP contribution in [0.1, 0.15) is 13.8 Å². The minimum atomic E-state index is 0.150. The Labute approximate surface area is 93.4 Å². The minimum absolute atomic E-state index is 0.150. The number of halogens is 1. The molecule has 0 aliphatic carbocycles. The summed E-state index contributed by atoms with van der Waals surface area (Å²) in [5.41, 5.74) is 0. The van der Waals surface area contributed by atoms with Crippen molar-refractivity contribution in [2.75, 3.05) is 11.9 Å². The van der Waals surface area contributed by atoms with Gasteiger partial charge in [-0.1, -0.05) is 28.1 Å². The van der Waals surface area contributed by atoms with Crippen molar-refractivity contribution in [3.63, 3.8) is 0 Å². The zero-order valence-electron chi connectivity index (χ0n) is 8.50. The van der Waals surface area contributed by atoms with Crippen molar-refractivity contribution in [1.29, 1.82) is 0 Å². The lowest BCUT2D eigenvalue weighted by Crippen LogP contribution is -2.13. The van der Waals surface area contributed by atoms with Gasteiger partial charge in [0, 0.05) is 5.33 Å². The van der Waals surface area contributed by atoms with Crippen LogP contribution < -0.4 is 9.47 Å². The zero-order chi connectivity index (χ0) is 10.4. The first-order chi connectivity index (χ1) is 6.77. The van der Waals surface area contributed by atoms with Crippen molar-refractivity contribution in [1.82, 2.24) is 0 Å². The predicted octanol–water partition coefficient (Wildman–Crippen LogP) is 3.25. The highest BCUT2D eigenvalue weighted by molar-refractivity contribution is 9.09. The molecule has 1 unspecified atom stereocenters. The molecule has 1 aromatic carbocycles. The van der Waals surface area contributed by atoms with Crippen LogP contribution >= 0.6 is 15.9 Å². The molecule has 1 aromatic rings. The highest BCUT2D eigenvalue weighted by Gasteiger charge is 2.06. The van der Waals surface area contributed by atoms with Gasteiger partial charge in [-0.05, 0) is 26.0 Å². The number of benzene rings is 1. The number of ether oxygens (including phenoxy) is 2. The smallest absolute Gasteiger partial charge is 0.161 e. The highest BCUT2D eigenvalue weighted by Crippen LogP contribution is 2.27. The summed E-state index contributed by atoms with van der Waals surface area (Å²) in [6.07, 6.45) is 0.150. The lowest BCUT2D eigenvalue weighted by Gasteiger charge is -2.15. The molecule has 0 fully saturated rings. The van der Waals surface area contributed by atoms with Crippen molar-refractivity contribution >= 4 is 15.9 Å². The van der Waals surface area contributed by atoms with Crippen LogP contribution in [0.25, 0.3) is 0 Å². The van der Waals surface area contributed by atoms with E-state index in [1.165, 1.54) is 0 Å². The maximum absolute atomic E-state index is 5.68. The van der Waals surface area contributed by atoms with Crippen molar-refractivity contribution in [2.45, 2.75) is 20.0 Å². The topological polar surface area (TPSA) is 18.5 Å². The maximum Gasteiger partial charge on any atom is 0.161 e. The Morgan fingerprint density at radius 2 is 1.93 bits per heavy atom. The second-order valence-electron chi connectivity index (χ2n) is 2.96. The molecule has 0 heterocycles. The Morgan fingerprint density at radius 1 is 1.29 bits per heavy atom. The molecule has 1 rings (SSSR count). The van der Waals surface area contributed by atoms with Gasteiger partial charge >= 0.3 is 0 Å². The van der Waals surface area contributed by atoms with Crippen LogP contribution in [0.3, 0.4) is 0 Å². The van der Waals surface area contributed by atoms with Gasteiger partial charge in [-0.25, -0.2) is 0 Å². The van der Waals surface area contributed by atoms with Crippen molar-refractivity contribution in [3.05, 3.63) is 24.3 Å². The van der Waals surface area contributed by atoms with Crippen molar-refractivity contribution in [2.24, 2.45) is 0 Å². The number of rotatable bonds is 5. The Bertz CT molecular complexity index is 276. The van der Waals surface area contributed by atoms with Crippen LogP contribution in [0, 0.1) is 0 Å². The van der Waals surface area contributed by atoms with Gasteiger partial charge in [0.2, 0.25) is 0 Å². The molecule has 0 spiro atoms. The van der Waals surface area contributed by atoms with E-state index in [2.05, 4.69) is 15.9 Å². The molecule has 2 nitrogen and oxygen atoms in total. The molecule has 0 aliphatic heterocycles. The summed E-state index contributed by atoms with van der Waals surface area (Å²) in [7, 11) is 0. The van der Waals surface area contributed by atoms with E-state index in [0.717, 1.165) is 16.8 Å². The monoisotopic (exact) mass is 258 g/mol. The molecule has 0 saturated heterocycles. The Hall–Kier alpha value is -0.700. The van der Waals surface area contributed by atoms with Gasteiger partial charge in [0.15, 0.2) is 11.5 Å². The largest absolute Gasteiger partial charge is 0.490 e. The first-order valence-electron chi connectivity index (χ1n) is 4.72. The zero-order valence-corrected chi connectivity index (χ0v) is 10.1. The summed E-state index contributed by atoms with van der Waals surface area (Å²) in [4.78, 5) is 0. The van der Waals surface area contributed by atoms with E-state index in [9.17, 15) is 0 Å². The fraction of sp³-hybridized carbons (Fsp3) is 0.455.